The van der Waals surface area contributed by atoms with E-state index in [-0.39, 0.29) is 5.03 Å². The minimum absolute atomic E-state index is 0.0672. The molecule has 0 amide bonds. The van der Waals surface area contributed by atoms with Crippen molar-refractivity contribution in [2.75, 3.05) is 4.72 Å². The van der Waals surface area contributed by atoms with Crippen LogP contribution in [0.25, 0.3) is 0 Å². The van der Waals surface area contributed by atoms with Gasteiger partial charge in [-0.1, -0.05) is 17.3 Å². The Balaban J connectivity index is 2.26. The van der Waals surface area contributed by atoms with E-state index in [9.17, 15) is 18.3 Å². The van der Waals surface area contributed by atoms with Gasteiger partial charge in [-0.15, -0.1) is 5.10 Å². The number of aliphatic carboxylic acids is 1. The van der Waals surface area contributed by atoms with Gasteiger partial charge in [0.1, 0.15) is 0 Å². The number of rotatable bonds is 5. The summed E-state index contributed by atoms with van der Waals surface area (Å²) >= 11 is 0. The van der Waals surface area contributed by atoms with Gasteiger partial charge in [-0.3, -0.25) is 9.52 Å². The van der Waals surface area contributed by atoms with Crippen molar-refractivity contribution in [1.82, 2.24) is 15.0 Å². The number of sulfonamides is 1. The molecule has 0 radical (unpaired) electrons. The minimum atomic E-state index is -3.79. The van der Waals surface area contributed by atoms with Gasteiger partial charge in [0.05, 0.1) is 11.6 Å². The van der Waals surface area contributed by atoms with Crippen molar-refractivity contribution in [2.24, 2.45) is 7.05 Å². The van der Waals surface area contributed by atoms with Crippen LogP contribution >= 0.6 is 0 Å². The van der Waals surface area contributed by atoms with Gasteiger partial charge in [0, 0.05) is 12.7 Å². The van der Waals surface area contributed by atoms with Gasteiger partial charge in [-0.25, -0.2) is 4.68 Å². The molecule has 0 bridgehead atoms. The SMILES string of the molecule is Cn1nncc1S(=O)(=O)Nc1ccc(C(C)(C)C(=O)O)cc1. The highest BCUT2D eigenvalue weighted by atomic mass is 32.2. The highest BCUT2D eigenvalue weighted by Crippen LogP contribution is 2.25. The number of hydrogen-bond donors (Lipinski definition) is 2. The first-order chi connectivity index (χ1) is 10.1. The number of anilines is 1. The third-order valence-electron chi connectivity index (χ3n) is 3.34. The molecule has 9 heteroatoms. The molecule has 2 aromatic rings. The molecule has 0 saturated heterocycles. The summed E-state index contributed by atoms with van der Waals surface area (Å²) in [4.78, 5) is 11.2. The number of hydrogen-bond acceptors (Lipinski definition) is 5. The fourth-order valence-corrected chi connectivity index (χ4v) is 2.93. The lowest BCUT2D eigenvalue weighted by Crippen LogP contribution is -2.28. The number of benzene rings is 1. The molecule has 0 aliphatic heterocycles. The number of aryl methyl sites for hydroxylation is 1. The number of nitrogens with one attached hydrogen (secondary N) is 1. The maximum atomic E-state index is 12.2. The minimum Gasteiger partial charge on any atom is -0.481 e. The molecule has 2 N–H and O–H groups in total. The highest BCUT2D eigenvalue weighted by molar-refractivity contribution is 7.92. The first-order valence-corrected chi connectivity index (χ1v) is 7.84. The van der Waals surface area contributed by atoms with Gasteiger partial charge in [-0.05, 0) is 31.5 Å². The van der Waals surface area contributed by atoms with Gasteiger partial charge >= 0.3 is 5.97 Å². The first-order valence-electron chi connectivity index (χ1n) is 6.36. The standard InChI is InChI=1S/C13H16N4O4S/c1-13(2,12(18)19)9-4-6-10(7-5-9)15-22(20,21)11-8-14-16-17(11)3/h4-8,15H,1-3H3,(H,18,19). The summed E-state index contributed by atoms with van der Waals surface area (Å²) in [5.41, 5.74) is -0.153. The Kier molecular flexibility index (Phi) is 3.92. The molecular formula is C13H16N4O4S. The topological polar surface area (TPSA) is 114 Å². The zero-order valence-electron chi connectivity index (χ0n) is 12.3. The molecule has 0 spiro atoms. The van der Waals surface area contributed by atoms with Crippen LogP contribution in [0, 0.1) is 0 Å². The highest BCUT2D eigenvalue weighted by Gasteiger charge is 2.29. The van der Waals surface area contributed by atoms with Gasteiger partial charge < -0.3 is 5.11 Å². The van der Waals surface area contributed by atoms with Crippen LogP contribution < -0.4 is 4.72 Å². The van der Waals surface area contributed by atoms with Crippen molar-refractivity contribution in [3.8, 4) is 0 Å². The maximum absolute atomic E-state index is 12.2. The fraction of sp³-hybridized carbons (Fsp3) is 0.308. The number of carboxylic acids is 1. The summed E-state index contributed by atoms with van der Waals surface area (Å²) in [6, 6.07) is 6.18. The number of aromatic nitrogens is 3. The van der Waals surface area contributed by atoms with Crippen LogP contribution in [0.15, 0.2) is 35.5 Å². The lowest BCUT2D eigenvalue weighted by Gasteiger charge is -2.20. The Morgan fingerprint density at radius 3 is 2.32 bits per heavy atom. The normalized spacial score (nSPS) is 12.1. The van der Waals surface area contributed by atoms with E-state index < -0.39 is 21.4 Å². The van der Waals surface area contributed by atoms with Crippen LogP contribution in [0.1, 0.15) is 19.4 Å². The first kappa shape index (κ1) is 16.0. The van der Waals surface area contributed by atoms with Crippen molar-refractivity contribution < 1.29 is 18.3 Å². The van der Waals surface area contributed by atoms with Gasteiger partial charge in [-0.2, -0.15) is 8.42 Å². The van der Waals surface area contributed by atoms with Crippen molar-refractivity contribution >= 4 is 21.7 Å². The van der Waals surface area contributed by atoms with Gasteiger partial charge in [0.15, 0.2) is 5.03 Å². The summed E-state index contributed by atoms with van der Waals surface area (Å²) < 4.78 is 27.9. The van der Waals surface area contributed by atoms with Gasteiger partial charge in [0.2, 0.25) is 0 Å². The fourth-order valence-electron chi connectivity index (χ4n) is 1.81. The number of nitrogens with zero attached hydrogens (tertiary/aromatic N) is 3. The molecule has 0 aliphatic rings. The quantitative estimate of drug-likeness (QED) is 0.847. The summed E-state index contributed by atoms with van der Waals surface area (Å²) in [6.07, 6.45) is 1.14. The summed E-state index contributed by atoms with van der Waals surface area (Å²) in [5.74, 6) is -0.957. The second-order valence-electron chi connectivity index (χ2n) is 5.31. The zero-order valence-corrected chi connectivity index (χ0v) is 13.1. The molecule has 0 saturated carbocycles. The molecular weight excluding hydrogens is 308 g/mol. The van der Waals surface area contributed by atoms with E-state index in [2.05, 4.69) is 15.0 Å². The van der Waals surface area contributed by atoms with E-state index in [0.29, 0.717) is 11.3 Å². The maximum Gasteiger partial charge on any atom is 0.313 e. The molecule has 1 aromatic heterocycles. The molecule has 0 aliphatic carbocycles. The van der Waals surface area contributed by atoms with E-state index in [1.165, 1.54) is 19.2 Å². The molecule has 0 fully saturated rings. The predicted octanol–water partition coefficient (Wildman–Crippen LogP) is 0.978. The van der Waals surface area contributed by atoms with Crippen LogP contribution in [0.4, 0.5) is 5.69 Å². The second-order valence-corrected chi connectivity index (χ2v) is 6.94. The van der Waals surface area contributed by atoms with Crippen LogP contribution in [0.5, 0.6) is 0 Å². The van der Waals surface area contributed by atoms with Crippen LogP contribution in [0.2, 0.25) is 0 Å². The predicted molar refractivity (Wildman–Crippen MR) is 78.9 cm³/mol. The van der Waals surface area contributed by atoms with Crippen LogP contribution in [-0.4, -0.2) is 34.5 Å². The van der Waals surface area contributed by atoms with E-state index in [0.717, 1.165) is 10.9 Å². The van der Waals surface area contributed by atoms with Crippen LogP contribution in [0.3, 0.4) is 0 Å². The molecule has 1 aromatic carbocycles. The van der Waals surface area contributed by atoms with Gasteiger partial charge in [0.25, 0.3) is 10.0 Å². The Labute approximate surface area is 127 Å². The Hall–Kier alpha value is -2.42. The van der Waals surface area contributed by atoms with E-state index >= 15 is 0 Å². The molecule has 8 nitrogen and oxygen atoms in total. The summed E-state index contributed by atoms with van der Waals surface area (Å²) in [6.45, 7) is 3.16. The molecule has 22 heavy (non-hydrogen) atoms. The third kappa shape index (κ3) is 2.93. The van der Waals surface area contributed by atoms with Crippen molar-refractivity contribution in [1.29, 1.82) is 0 Å². The third-order valence-corrected chi connectivity index (χ3v) is 4.77. The Bertz CT molecular complexity index is 794. The Morgan fingerprint density at radius 2 is 1.86 bits per heavy atom. The van der Waals surface area contributed by atoms with E-state index in [1.807, 2.05) is 0 Å². The summed E-state index contributed by atoms with van der Waals surface area (Å²) in [5, 5.41) is 16.2. The lowest BCUT2D eigenvalue weighted by molar-refractivity contribution is -0.142. The van der Waals surface area contributed by atoms with Crippen molar-refractivity contribution in [2.45, 2.75) is 24.3 Å². The van der Waals surface area contributed by atoms with E-state index in [1.54, 1.807) is 26.0 Å². The second kappa shape index (κ2) is 5.41. The average Bonchev–Trinajstić information content (AvgIpc) is 2.86. The smallest absolute Gasteiger partial charge is 0.313 e. The molecule has 2 rings (SSSR count). The monoisotopic (exact) mass is 324 g/mol. The average molecular weight is 324 g/mol. The summed E-state index contributed by atoms with van der Waals surface area (Å²) in [7, 11) is -2.32. The molecule has 0 unspecified atom stereocenters. The molecule has 1 heterocycles. The molecule has 0 atom stereocenters. The molecule has 118 valence electrons. The van der Waals surface area contributed by atoms with Crippen LogP contribution in [-0.2, 0) is 27.3 Å². The largest absolute Gasteiger partial charge is 0.481 e. The van der Waals surface area contributed by atoms with Crippen molar-refractivity contribution in [3.63, 3.8) is 0 Å². The lowest BCUT2D eigenvalue weighted by atomic mass is 9.85. The Morgan fingerprint density at radius 1 is 1.27 bits per heavy atom. The van der Waals surface area contributed by atoms with Crippen molar-refractivity contribution in [3.05, 3.63) is 36.0 Å². The zero-order chi connectivity index (χ0) is 16.5. The van der Waals surface area contributed by atoms with E-state index in [4.69, 9.17) is 0 Å². The number of carboxylic acid groups (broad SMARTS) is 1. The number of carbonyl (C=O) groups is 1.